The van der Waals surface area contributed by atoms with E-state index in [4.69, 9.17) is 0 Å². The van der Waals surface area contributed by atoms with Crippen molar-refractivity contribution in [1.82, 2.24) is 15.1 Å². The summed E-state index contributed by atoms with van der Waals surface area (Å²) in [5, 5.41) is 7.42. The Morgan fingerprint density at radius 1 is 1.41 bits per heavy atom. The fourth-order valence-electron chi connectivity index (χ4n) is 1.06. The van der Waals surface area contributed by atoms with Crippen molar-refractivity contribution in [2.24, 2.45) is 7.05 Å². The number of hydrogen-bond donors (Lipinski definition) is 2. The topological polar surface area (TPSA) is 76.0 Å². The molecule has 0 aromatic carbocycles. The van der Waals surface area contributed by atoms with Crippen LogP contribution in [0.15, 0.2) is 6.20 Å². The van der Waals surface area contributed by atoms with Crippen LogP contribution < -0.4 is 10.6 Å². The summed E-state index contributed by atoms with van der Waals surface area (Å²) in [6.07, 6.45) is -3.91. The maximum absolute atomic E-state index is 12.0. The molecule has 0 bridgehead atoms. The predicted octanol–water partition coefficient (Wildman–Crippen LogP) is 0.280. The van der Waals surface area contributed by atoms with Crippen LogP contribution in [0, 0.1) is 0 Å². The first-order valence-electron chi connectivity index (χ1n) is 4.39. The van der Waals surface area contributed by atoms with E-state index in [-0.39, 0.29) is 11.4 Å². The van der Waals surface area contributed by atoms with Crippen LogP contribution in [0.1, 0.15) is 10.5 Å². The zero-order valence-electron chi connectivity index (χ0n) is 8.92. The van der Waals surface area contributed by atoms with Crippen LogP contribution in [0.5, 0.6) is 0 Å². The smallest absolute Gasteiger partial charge is 0.354 e. The number of aryl methyl sites for hydroxylation is 1. The second-order valence-electron chi connectivity index (χ2n) is 3.10. The molecule has 0 saturated heterocycles. The molecule has 1 aromatic rings. The van der Waals surface area contributed by atoms with Gasteiger partial charge in [0.15, 0.2) is 5.69 Å². The van der Waals surface area contributed by atoms with Crippen molar-refractivity contribution < 1.29 is 22.8 Å². The number of nitrogens with one attached hydrogen (secondary N) is 2. The van der Waals surface area contributed by atoms with E-state index in [0.717, 1.165) is 10.9 Å². The van der Waals surface area contributed by atoms with Gasteiger partial charge in [-0.1, -0.05) is 0 Å². The predicted molar refractivity (Wildman–Crippen MR) is 51.3 cm³/mol. The molecule has 0 aliphatic carbocycles. The molecule has 6 nitrogen and oxygen atoms in total. The number of hydrogen-bond acceptors (Lipinski definition) is 3. The Hall–Kier alpha value is -2.06. The van der Waals surface area contributed by atoms with Crippen LogP contribution in [0.3, 0.4) is 0 Å². The van der Waals surface area contributed by atoms with Crippen molar-refractivity contribution in [1.29, 1.82) is 0 Å². The van der Waals surface area contributed by atoms with E-state index in [2.05, 4.69) is 10.4 Å². The lowest BCUT2D eigenvalue weighted by Gasteiger charge is -2.06. The van der Waals surface area contributed by atoms with Gasteiger partial charge in [-0.3, -0.25) is 14.3 Å². The minimum absolute atomic E-state index is 0.285. The molecule has 0 atom stereocenters. The van der Waals surface area contributed by atoms with Crippen LogP contribution in [-0.4, -0.2) is 34.8 Å². The van der Waals surface area contributed by atoms with Crippen LogP contribution in [-0.2, 0) is 11.8 Å². The van der Waals surface area contributed by atoms with Gasteiger partial charge in [0.2, 0.25) is 0 Å². The highest BCUT2D eigenvalue weighted by Crippen LogP contribution is 2.20. The number of aromatic nitrogens is 2. The highest BCUT2D eigenvalue weighted by molar-refractivity contribution is 6.03. The second-order valence-corrected chi connectivity index (χ2v) is 3.10. The third-order valence-corrected chi connectivity index (χ3v) is 1.78. The summed E-state index contributed by atoms with van der Waals surface area (Å²) in [5.74, 6) is -2.85. The molecule has 17 heavy (non-hydrogen) atoms. The zero-order chi connectivity index (χ0) is 13.2. The zero-order valence-corrected chi connectivity index (χ0v) is 8.92. The maximum atomic E-state index is 12.0. The molecule has 0 aliphatic heterocycles. The fourth-order valence-corrected chi connectivity index (χ4v) is 1.06. The fraction of sp³-hybridized carbons (Fsp3) is 0.375. The number of carbonyl (C=O) groups excluding carboxylic acids is 2. The summed E-state index contributed by atoms with van der Waals surface area (Å²) >= 11 is 0. The highest BCUT2D eigenvalue weighted by Gasteiger charge is 2.39. The van der Waals surface area contributed by atoms with Gasteiger partial charge in [0.1, 0.15) is 0 Å². The van der Waals surface area contributed by atoms with Gasteiger partial charge in [0.25, 0.3) is 5.91 Å². The number of amides is 2. The molecular weight excluding hydrogens is 241 g/mol. The molecule has 1 heterocycles. The van der Waals surface area contributed by atoms with Crippen LogP contribution in [0.4, 0.5) is 18.9 Å². The lowest BCUT2D eigenvalue weighted by Crippen LogP contribution is -2.31. The number of anilines is 1. The minimum Gasteiger partial charge on any atom is -0.354 e. The van der Waals surface area contributed by atoms with Crippen molar-refractivity contribution in [3.8, 4) is 0 Å². The lowest BCUT2D eigenvalue weighted by atomic mass is 10.3. The van der Waals surface area contributed by atoms with Gasteiger partial charge >= 0.3 is 12.1 Å². The van der Waals surface area contributed by atoms with Crippen LogP contribution in [0.25, 0.3) is 0 Å². The maximum Gasteiger partial charge on any atom is 0.471 e. The van der Waals surface area contributed by atoms with E-state index in [1.54, 1.807) is 5.32 Å². The Bertz CT molecular complexity index is 452. The molecule has 2 amide bonds. The standard InChI is InChI=1S/C8H9F3N4O2/c1-12-6(16)5-4(3-15(2)14-5)13-7(17)8(9,10)11/h3H,1-2H3,(H,12,16)(H,13,17). The Morgan fingerprint density at radius 3 is 2.47 bits per heavy atom. The average Bonchev–Trinajstić information content (AvgIpc) is 2.57. The first-order valence-corrected chi connectivity index (χ1v) is 4.39. The Morgan fingerprint density at radius 2 is 2.00 bits per heavy atom. The third kappa shape index (κ3) is 2.95. The van der Waals surface area contributed by atoms with Gasteiger partial charge < -0.3 is 10.6 Å². The van der Waals surface area contributed by atoms with Gasteiger partial charge in [0.05, 0.1) is 5.69 Å². The first-order chi connectivity index (χ1) is 7.75. The SMILES string of the molecule is CNC(=O)c1nn(C)cc1NC(=O)C(F)(F)F. The lowest BCUT2D eigenvalue weighted by molar-refractivity contribution is -0.167. The number of carbonyl (C=O) groups is 2. The summed E-state index contributed by atoms with van der Waals surface area (Å²) in [6, 6.07) is 0. The van der Waals surface area contributed by atoms with Gasteiger partial charge in [-0.25, -0.2) is 0 Å². The normalized spacial score (nSPS) is 11.1. The Kier molecular flexibility index (Phi) is 3.39. The molecule has 9 heteroatoms. The molecule has 0 radical (unpaired) electrons. The number of rotatable bonds is 2. The summed E-state index contributed by atoms with van der Waals surface area (Å²) in [4.78, 5) is 22.0. The molecule has 1 rings (SSSR count). The van der Waals surface area contributed by atoms with Crippen molar-refractivity contribution in [2.45, 2.75) is 6.18 Å². The van der Waals surface area contributed by atoms with E-state index in [0.29, 0.717) is 0 Å². The van der Waals surface area contributed by atoms with E-state index in [1.807, 2.05) is 0 Å². The van der Waals surface area contributed by atoms with Crippen LogP contribution >= 0.6 is 0 Å². The van der Waals surface area contributed by atoms with Crippen molar-refractivity contribution in [3.63, 3.8) is 0 Å². The molecule has 0 aliphatic rings. The van der Waals surface area contributed by atoms with E-state index in [1.165, 1.54) is 14.1 Å². The van der Waals surface area contributed by atoms with E-state index >= 15 is 0 Å². The van der Waals surface area contributed by atoms with Gasteiger partial charge in [0, 0.05) is 20.3 Å². The number of halogens is 3. The summed E-state index contributed by atoms with van der Waals surface area (Å²) in [7, 11) is 2.71. The molecular formula is C8H9F3N4O2. The first kappa shape index (κ1) is 13.0. The average molecular weight is 250 g/mol. The van der Waals surface area contributed by atoms with Crippen molar-refractivity contribution >= 4 is 17.5 Å². The molecule has 1 aromatic heterocycles. The highest BCUT2D eigenvalue weighted by atomic mass is 19.4. The third-order valence-electron chi connectivity index (χ3n) is 1.78. The molecule has 0 fully saturated rings. The van der Waals surface area contributed by atoms with E-state index < -0.39 is 18.0 Å². The number of nitrogens with zero attached hydrogens (tertiary/aromatic N) is 2. The van der Waals surface area contributed by atoms with Gasteiger partial charge in [-0.15, -0.1) is 0 Å². The second kappa shape index (κ2) is 4.44. The quantitative estimate of drug-likeness (QED) is 0.791. The minimum atomic E-state index is -5.02. The molecule has 0 unspecified atom stereocenters. The van der Waals surface area contributed by atoms with Gasteiger partial charge in [-0.2, -0.15) is 18.3 Å². The monoisotopic (exact) mass is 250 g/mol. The summed E-state index contributed by atoms with van der Waals surface area (Å²) < 4.78 is 37.2. The van der Waals surface area contributed by atoms with Crippen molar-refractivity contribution in [3.05, 3.63) is 11.9 Å². The van der Waals surface area contributed by atoms with Gasteiger partial charge in [-0.05, 0) is 0 Å². The molecule has 0 saturated carbocycles. The summed E-state index contributed by atoms with van der Waals surface area (Å²) in [5.41, 5.74) is -0.582. The largest absolute Gasteiger partial charge is 0.471 e. The van der Waals surface area contributed by atoms with E-state index in [9.17, 15) is 22.8 Å². The summed E-state index contributed by atoms with van der Waals surface area (Å²) in [6.45, 7) is 0. The van der Waals surface area contributed by atoms with Crippen LogP contribution in [0.2, 0.25) is 0 Å². The Labute approximate surface area is 93.8 Å². The number of alkyl halides is 3. The molecule has 94 valence electrons. The molecule has 0 spiro atoms. The Balaban J connectivity index is 2.99. The van der Waals surface area contributed by atoms with Crippen molar-refractivity contribution in [2.75, 3.05) is 12.4 Å². The molecule has 2 N–H and O–H groups in total.